The average Bonchev–Trinajstić information content (AvgIpc) is 2.40. The van der Waals surface area contributed by atoms with Crippen LogP contribution in [-0.2, 0) is 14.1 Å². The number of ketones is 1. The largest absolute Gasteiger partial charge is 0.330 e. The Morgan fingerprint density at radius 2 is 1.75 bits per heavy atom. The summed E-state index contributed by atoms with van der Waals surface area (Å²) in [5, 5.41) is 0. The molecule has 104 valence electrons. The Hall–Kier alpha value is -2.57. The fourth-order valence-electron chi connectivity index (χ4n) is 1.78. The lowest BCUT2D eigenvalue weighted by Gasteiger charge is -2.06. The van der Waals surface area contributed by atoms with Gasteiger partial charge < -0.3 is 4.57 Å². The van der Waals surface area contributed by atoms with Gasteiger partial charge >= 0.3 is 5.69 Å². The summed E-state index contributed by atoms with van der Waals surface area (Å²) in [4.78, 5) is 35.5. The van der Waals surface area contributed by atoms with Gasteiger partial charge in [0.05, 0.1) is 5.56 Å². The second-order valence-electron chi connectivity index (χ2n) is 4.25. The number of hydrogen-bond acceptors (Lipinski definition) is 3. The van der Waals surface area contributed by atoms with Crippen LogP contribution in [0.2, 0.25) is 0 Å². The molecule has 1 aromatic carbocycles. The number of nitrogens with zero attached hydrogens (tertiary/aromatic N) is 2. The van der Waals surface area contributed by atoms with Crippen molar-refractivity contribution >= 4 is 5.78 Å². The standard InChI is InChI=1S/C13H10F2N2O3/c1-16-6-9(12(19)17(2)13(16)20)11(18)8-4-3-7(14)5-10(8)15/h3-6H,1-2H3. The lowest BCUT2D eigenvalue weighted by molar-refractivity contribution is 0.103. The molecule has 0 radical (unpaired) electrons. The number of aryl methyl sites for hydroxylation is 1. The van der Waals surface area contributed by atoms with Crippen LogP contribution in [-0.4, -0.2) is 14.9 Å². The van der Waals surface area contributed by atoms with Crippen molar-refractivity contribution in [3.05, 3.63) is 68.0 Å². The molecule has 2 rings (SSSR count). The van der Waals surface area contributed by atoms with Crippen LogP contribution < -0.4 is 11.2 Å². The van der Waals surface area contributed by atoms with Crippen LogP contribution in [0.1, 0.15) is 15.9 Å². The van der Waals surface area contributed by atoms with Crippen LogP contribution in [0.3, 0.4) is 0 Å². The van der Waals surface area contributed by atoms with Gasteiger partial charge in [0.15, 0.2) is 0 Å². The van der Waals surface area contributed by atoms with E-state index in [0.29, 0.717) is 6.07 Å². The summed E-state index contributed by atoms with van der Waals surface area (Å²) in [7, 11) is 2.57. The van der Waals surface area contributed by atoms with Crippen molar-refractivity contribution in [3.8, 4) is 0 Å². The van der Waals surface area contributed by atoms with Crippen molar-refractivity contribution < 1.29 is 13.6 Å². The molecule has 5 nitrogen and oxygen atoms in total. The molecule has 1 aromatic heterocycles. The van der Waals surface area contributed by atoms with Gasteiger partial charge in [-0.25, -0.2) is 13.6 Å². The van der Waals surface area contributed by atoms with E-state index in [1.54, 1.807) is 0 Å². The van der Waals surface area contributed by atoms with E-state index in [1.165, 1.54) is 14.1 Å². The highest BCUT2D eigenvalue weighted by atomic mass is 19.1. The maximum Gasteiger partial charge on any atom is 0.330 e. The number of carbonyl (C=O) groups is 1. The van der Waals surface area contributed by atoms with E-state index >= 15 is 0 Å². The Morgan fingerprint density at radius 3 is 2.35 bits per heavy atom. The highest BCUT2D eigenvalue weighted by molar-refractivity contribution is 6.08. The first-order chi connectivity index (χ1) is 9.32. The minimum atomic E-state index is -1.06. The molecule has 0 N–H and O–H groups in total. The minimum absolute atomic E-state index is 0.361. The molecule has 0 unspecified atom stereocenters. The number of halogens is 2. The molecular weight excluding hydrogens is 270 g/mol. The molecule has 0 saturated heterocycles. The van der Waals surface area contributed by atoms with Gasteiger partial charge in [0.25, 0.3) is 5.56 Å². The van der Waals surface area contributed by atoms with Crippen molar-refractivity contribution in [2.24, 2.45) is 14.1 Å². The third kappa shape index (κ3) is 2.18. The van der Waals surface area contributed by atoms with E-state index < -0.39 is 34.2 Å². The summed E-state index contributed by atoms with van der Waals surface area (Å²) in [6.07, 6.45) is 1.04. The molecule has 2 aromatic rings. The second kappa shape index (κ2) is 4.84. The summed E-state index contributed by atoms with van der Waals surface area (Å²) in [6.45, 7) is 0. The van der Waals surface area contributed by atoms with Crippen molar-refractivity contribution in [1.82, 2.24) is 9.13 Å². The van der Waals surface area contributed by atoms with Crippen LogP contribution in [0.5, 0.6) is 0 Å². The first kappa shape index (κ1) is 13.9. The quantitative estimate of drug-likeness (QED) is 0.757. The lowest BCUT2D eigenvalue weighted by Crippen LogP contribution is -2.39. The summed E-state index contributed by atoms with van der Waals surface area (Å²) < 4.78 is 28.2. The van der Waals surface area contributed by atoms with Gasteiger partial charge in [0.2, 0.25) is 5.78 Å². The topological polar surface area (TPSA) is 61.1 Å². The first-order valence-electron chi connectivity index (χ1n) is 5.59. The van der Waals surface area contributed by atoms with Gasteiger partial charge in [-0.15, -0.1) is 0 Å². The molecule has 0 fully saturated rings. The predicted octanol–water partition coefficient (Wildman–Crippen LogP) is 0.593. The van der Waals surface area contributed by atoms with Crippen LogP contribution in [0.4, 0.5) is 8.78 Å². The normalized spacial score (nSPS) is 10.6. The maximum atomic E-state index is 13.6. The van der Waals surface area contributed by atoms with E-state index in [0.717, 1.165) is 27.5 Å². The Balaban J connectivity index is 2.66. The maximum absolute atomic E-state index is 13.6. The molecule has 0 saturated carbocycles. The lowest BCUT2D eigenvalue weighted by atomic mass is 10.1. The zero-order valence-corrected chi connectivity index (χ0v) is 10.7. The Morgan fingerprint density at radius 1 is 1.10 bits per heavy atom. The van der Waals surface area contributed by atoms with Crippen LogP contribution >= 0.6 is 0 Å². The van der Waals surface area contributed by atoms with E-state index in [1.807, 2.05) is 0 Å². The predicted molar refractivity (Wildman–Crippen MR) is 66.7 cm³/mol. The van der Waals surface area contributed by atoms with E-state index in [2.05, 4.69) is 0 Å². The fourth-order valence-corrected chi connectivity index (χ4v) is 1.78. The Labute approximate surface area is 111 Å². The second-order valence-corrected chi connectivity index (χ2v) is 4.25. The minimum Gasteiger partial charge on any atom is -0.303 e. The number of rotatable bonds is 2. The van der Waals surface area contributed by atoms with Crippen LogP contribution in [0.15, 0.2) is 34.0 Å². The molecule has 1 heterocycles. The Bertz CT molecular complexity index is 821. The molecule has 0 aliphatic carbocycles. The number of aromatic nitrogens is 2. The number of carbonyl (C=O) groups excluding carboxylic acids is 1. The van der Waals surface area contributed by atoms with Gasteiger partial charge in [-0.1, -0.05) is 0 Å². The van der Waals surface area contributed by atoms with E-state index in [4.69, 9.17) is 0 Å². The third-order valence-corrected chi connectivity index (χ3v) is 2.87. The van der Waals surface area contributed by atoms with E-state index in [9.17, 15) is 23.2 Å². The summed E-state index contributed by atoms with van der Waals surface area (Å²) in [5.74, 6) is -2.79. The molecule has 7 heteroatoms. The van der Waals surface area contributed by atoms with Gasteiger partial charge in [-0.3, -0.25) is 14.2 Å². The number of hydrogen-bond donors (Lipinski definition) is 0. The molecule has 0 atom stereocenters. The SMILES string of the molecule is Cn1cc(C(=O)c2ccc(F)cc2F)c(=O)n(C)c1=O. The highest BCUT2D eigenvalue weighted by Crippen LogP contribution is 2.12. The van der Waals surface area contributed by atoms with E-state index in [-0.39, 0.29) is 5.56 Å². The molecule has 0 bridgehead atoms. The Kier molecular flexibility index (Phi) is 3.35. The molecule has 0 aliphatic rings. The third-order valence-electron chi connectivity index (χ3n) is 2.87. The molecule has 0 amide bonds. The highest BCUT2D eigenvalue weighted by Gasteiger charge is 2.19. The molecule has 0 aliphatic heterocycles. The van der Waals surface area contributed by atoms with Gasteiger partial charge in [0, 0.05) is 26.4 Å². The molecule has 0 spiro atoms. The van der Waals surface area contributed by atoms with Crippen molar-refractivity contribution in [2.75, 3.05) is 0 Å². The molecular formula is C13H10F2N2O3. The fraction of sp³-hybridized carbons (Fsp3) is 0.154. The monoisotopic (exact) mass is 280 g/mol. The van der Waals surface area contributed by atoms with Crippen LogP contribution in [0.25, 0.3) is 0 Å². The van der Waals surface area contributed by atoms with Crippen LogP contribution in [0, 0.1) is 11.6 Å². The van der Waals surface area contributed by atoms with Crippen molar-refractivity contribution in [2.45, 2.75) is 0 Å². The zero-order chi connectivity index (χ0) is 15.0. The smallest absolute Gasteiger partial charge is 0.303 e. The van der Waals surface area contributed by atoms with Crippen molar-refractivity contribution in [3.63, 3.8) is 0 Å². The first-order valence-corrected chi connectivity index (χ1v) is 5.59. The summed E-state index contributed by atoms with van der Waals surface area (Å²) >= 11 is 0. The summed E-state index contributed by atoms with van der Waals surface area (Å²) in [5.41, 5.74) is -2.23. The van der Waals surface area contributed by atoms with Crippen molar-refractivity contribution in [1.29, 1.82) is 0 Å². The van der Waals surface area contributed by atoms with Gasteiger partial charge in [-0.05, 0) is 12.1 Å². The molecule has 20 heavy (non-hydrogen) atoms. The van der Waals surface area contributed by atoms with Gasteiger partial charge in [-0.2, -0.15) is 0 Å². The van der Waals surface area contributed by atoms with Gasteiger partial charge in [0.1, 0.15) is 17.2 Å². The zero-order valence-electron chi connectivity index (χ0n) is 10.7. The average molecular weight is 280 g/mol. The number of benzene rings is 1. The summed E-state index contributed by atoms with van der Waals surface area (Å²) in [6, 6.07) is 2.43.